The zero-order valence-electron chi connectivity index (χ0n) is 47.1. The van der Waals surface area contributed by atoms with Gasteiger partial charge in [0.2, 0.25) is 45.1 Å². The molecule has 432 valence electrons. The van der Waals surface area contributed by atoms with Gasteiger partial charge in [-0.05, 0) is 62.8 Å². The standard InChI is InChI=1S/C55H82F4N6O11S/c1-14-34(4)50(64(11)54(71)49(33(2)3)60-55(62(7)8)63(9)10)42(74-12)32-43(68)65-28-21-26-40(65)51(75-13)35(5)41(67)31-38(30-37-22-16-15-17-23-37)53(70)61-77(72,73)29-19-18-24-39(66)25-20-27-44(69)76-52-47(58)45(56)36(6)46(57)48(52)59/h15-17,22-23,33-35,38,40,42,49-51H,14,18-21,24-32H2,1-13H3,(H,61,70)/t34-,35-,38+,40-,42+,49-,50-,51+/m0/s1. The Morgan fingerprint density at radius 1 is 0.818 bits per heavy atom. The molecule has 1 aliphatic rings. The van der Waals surface area contributed by atoms with Crippen LogP contribution in [-0.2, 0) is 54.7 Å². The lowest BCUT2D eigenvalue weighted by molar-refractivity contribution is -0.146. The molecule has 2 aromatic rings. The average molecular weight is 1110 g/mol. The molecule has 3 rings (SSSR count). The van der Waals surface area contributed by atoms with Gasteiger partial charge in [0.1, 0.15) is 17.6 Å². The lowest BCUT2D eigenvalue weighted by Gasteiger charge is -2.40. The van der Waals surface area contributed by atoms with E-state index < -0.39 is 111 Å². The average Bonchev–Trinajstić information content (AvgIpc) is 3.87. The first kappa shape index (κ1) is 65.8. The molecule has 3 amide bonds. The van der Waals surface area contributed by atoms with E-state index in [9.17, 15) is 54.7 Å². The Hall–Kier alpha value is -5.48. The van der Waals surface area contributed by atoms with Crippen LogP contribution in [0.1, 0.15) is 116 Å². The topological polar surface area (TPSA) is 202 Å². The van der Waals surface area contributed by atoms with E-state index in [1.807, 2.05) is 65.7 Å². The Morgan fingerprint density at radius 3 is 1.96 bits per heavy atom. The molecular weight excluding hydrogens is 1030 g/mol. The van der Waals surface area contributed by atoms with Crippen LogP contribution >= 0.6 is 0 Å². The summed E-state index contributed by atoms with van der Waals surface area (Å²) in [6.07, 6.45) is -0.888. The van der Waals surface area contributed by atoms with Crippen molar-refractivity contribution in [1.29, 1.82) is 0 Å². The number of nitrogens with one attached hydrogen (secondary N) is 1. The molecule has 0 radical (unpaired) electrons. The van der Waals surface area contributed by atoms with E-state index in [1.165, 1.54) is 14.2 Å². The second-order valence-corrected chi connectivity index (χ2v) is 22.7. The number of benzene rings is 2. The minimum Gasteiger partial charge on any atom is -0.420 e. The largest absolute Gasteiger partial charge is 0.420 e. The first-order chi connectivity index (χ1) is 36.1. The maximum absolute atomic E-state index is 14.5. The molecule has 1 N–H and O–H groups in total. The summed E-state index contributed by atoms with van der Waals surface area (Å²) < 4.78 is 101. The summed E-state index contributed by atoms with van der Waals surface area (Å²) in [5.41, 5.74) is -0.242. The molecular formula is C55H82F4N6O11S. The Bertz CT molecular complexity index is 2440. The van der Waals surface area contributed by atoms with Crippen LogP contribution < -0.4 is 9.46 Å². The number of Topliss-reactive ketones (excluding diaryl/α,β-unsaturated/α-hetero) is 2. The van der Waals surface area contributed by atoms with Crippen molar-refractivity contribution in [1.82, 2.24) is 24.3 Å². The highest BCUT2D eigenvalue weighted by Crippen LogP contribution is 2.32. The van der Waals surface area contributed by atoms with Crippen molar-refractivity contribution in [3.63, 3.8) is 0 Å². The Balaban J connectivity index is 1.68. The molecule has 77 heavy (non-hydrogen) atoms. The SMILES string of the molecule is CC[C@H](C)[C@@H]([C@@H](CC(=O)N1CCC[C@H]1[C@H](OC)[C@@H](C)C(=O)C[C@@H](Cc1ccccc1)C(=O)NS(=O)(=O)CCCCC(=O)CCCC(=O)Oc1c(F)c(F)c(C)c(F)c1F)OC)N(C)C(=O)[C@@H](N=C(N(C)C)N(C)C)C(C)C. The zero-order chi connectivity index (χ0) is 58.1. The number of esters is 1. The quantitative estimate of drug-likeness (QED) is 0.0159. The van der Waals surface area contributed by atoms with Crippen molar-refractivity contribution in [2.24, 2.45) is 28.7 Å². The number of carbonyl (C=O) groups is 6. The van der Waals surface area contributed by atoms with Crippen molar-refractivity contribution in [2.75, 3.05) is 61.8 Å². The van der Waals surface area contributed by atoms with Crippen LogP contribution in [0.25, 0.3) is 0 Å². The second kappa shape index (κ2) is 30.6. The van der Waals surface area contributed by atoms with Crippen LogP contribution in [0.3, 0.4) is 0 Å². The number of nitrogens with zero attached hydrogens (tertiary/aromatic N) is 5. The van der Waals surface area contributed by atoms with Gasteiger partial charge in [-0.3, -0.25) is 33.5 Å². The summed E-state index contributed by atoms with van der Waals surface area (Å²) in [4.78, 5) is 93.6. The van der Waals surface area contributed by atoms with Crippen LogP contribution in [-0.4, -0.2) is 161 Å². The summed E-state index contributed by atoms with van der Waals surface area (Å²) in [7, 11) is 7.90. The summed E-state index contributed by atoms with van der Waals surface area (Å²) in [6, 6.07) is 7.06. The number of halogens is 4. The van der Waals surface area contributed by atoms with Gasteiger partial charge in [0.15, 0.2) is 17.6 Å². The summed E-state index contributed by atoms with van der Waals surface area (Å²) in [5.74, 6) is -14.1. The van der Waals surface area contributed by atoms with Crippen molar-refractivity contribution in [3.05, 3.63) is 64.7 Å². The number of hydrogen-bond donors (Lipinski definition) is 1. The second-order valence-electron chi connectivity index (χ2n) is 20.9. The third-order valence-corrected chi connectivity index (χ3v) is 15.6. The Kier molecular flexibility index (Phi) is 26.2. The smallest absolute Gasteiger partial charge is 0.311 e. The van der Waals surface area contributed by atoms with Gasteiger partial charge in [0.05, 0.1) is 36.5 Å². The lowest BCUT2D eigenvalue weighted by atomic mass is 9.85. The Morgan fingerprint density at radius 2 is 1.42 bits per heavy atom. The molecule has 1 heterocycles. The molecule has 0 spiro atoms. The molecule has 17 nitrogen and oxygen atoms in total. The molecule has 8 atom stereocenters. The molecule has 1 fully saturated rings. The van der Waals surface area contributed by atoms with Crippen LogP contribution in [0.5, 0.6) is 5.75 Å². The van der Waals surface area contributed by atoms with E-state index in [-0.39, 0.29) is 86.6 Å². The van der Waals surface area contributed by atoms with Crippen LogP contribution in [0.4, 0.5) is 17.6 Å². The van der Waals surface area contributed by atoms with Gasteiger partial charge in [-0.25, -0.2) is 22.2 Å². The predicted molar refractivity (Wildman–Crippen MR) is 284 cm³/mol. The maximum Gasteiger partial charge on any atom is 0.311 e. The molecule has 0 unspecified atom stereocenters. The zero-order valence-corrected chi connectivity index (χ0v) is 47.9. The van der Waals surface area contributed by atoms with Gasteiger partial charge < -0.3 is 33.8 Å². The number of rotatable bonds is 30. The van der Waals surface area contributed by atoms with E-state index in [1.54, 1.807) is 54.1 Å². The molecule has 1 aliphatic heterocycles. The van der Waals surface area contributed by atoms with Gasteiger partial charge >= 0.3 is 5.97 Å². The van der Waals surface area contributed by atoms with E-state index >= 15 is 0 Å². The highest BCUT2D eigenvalue weighted by Gasteiger charge is 2.43. The van der Waals surface area contributed by atoms with Crippen molar-refractivity contribution in [3.8, 4) is 5.75 Å². The number of hydrogen-bond acceptors (Lipinski definition) is 12. The number of likely N-dealkylation sites (tertiary alicyclic amines) is 1. The van der Waals surface area contributed by atoms with E-state index in [0.29, 0.717) is 37.3 Å². The first-order valence-electron chi connectivity index (χ1n) is 26.3. The number of ketones is 2. The fraction of sp³-hybridized carbons (Fsp3) is 0.655. The fourth-order valence-electron chi connectivity index (χ4n) is 9.81. The Labute approximate surface area is 452 Å². The number of guanidine groups is 1. The number of unbranched alkanes of at least 4 members (excludes halogenated alkanes) is 1. The number of ether oxygens (including phenoxy) is 3. The molecule has 0 aliphatic carbocycles. The highest BCUT2D eigenvalue weighted by molar-refractivity contribution is 7.90. The predicted octanol–water partition coefficient (Wildman–Crippen LogP) is 7.05. The molecule has 0 saturated carbocycles. The number of sulfonamides is 1. The van der Waals surface area contributed by atoms with Gasteiger partial charge in [0.25, 0.3) is 0 Å². The van der Waals surface area contributed by atoms with Crippen LogP contribution in [0.2, 0.25) is 0 Å². The fourth-order valence-corrected chi connectivity index (χ4v) is 11.0. The molecule has 0 bridgehead atoms. The molecule has 1 saturated heterocycles. The van der Waals surface area contributed by atoms with E-state index in [2.05, 4.69) is 9.46 Å². The van der Waals surface area contributed by atoms with Gasteiger partial charge in [-0.1, -0.05) is 71.4 Å². The first-order valence-corrected chi connectivity index (χ1v) is 28.0. The minimum atomic E-state index is -4.26. The van der Waals surface area contributed by atoms with Crippen molar-refractivity contribution < 1.29 is 69.0 Å². The van der Waals surface area contributed by atoms with Gasteiger partial charge in [-0.15, -0.1) is 0 Å². The summed E-state index contributed by atoms with van der Waals surface area (Å²) in [6.45, 7) is 10.8. The number of likely N-dealkylation sites (N-methyl/N-ethyl adjacent to an activating group) is 1. The molecule has 22 heteroatoms. The number of carbonyl (C=O) groups excluding carboxylic acids is 6. The number of amides is 3. The van der Waals surface area contributed by atoms with Crippen molar-refractivity contribution >= 4 is 51.2 Å². The van der Waals surface area contributed by atoms with Gasteiger partial charge in [0, 0.05) is 99.1 Å². The van der Waals surface area contributed by atoms with Crippen LogP contribution in [0.15, 0.2) is 35.3 Å². The van der Waals surface area contributed by atoms with E-state index in [0.717, 1.165) is 6.92 Å². The van der Waals surface area contributed by atoms with Gasteiger partial charge in [-0.2, -0.15) is 8.78 Å². The van der Waals surface area contributed by atoms with Crippen molar-refractivity contribution in [2.45, 2.75) is 149 Å². The monoisotopic (exact) mass is 1110 g/mol. The normalized spacial score (nSPS) is 16.4. The third-order valence-electron chi connectivity index (χ3n) is 14.3. The summed E-state index contributed by atoms with van der Waals surface area (Å²) in [5, 5.41) is 0. The maximum atomic E-state index is 14.5. The number of aliphatic imine (C=N–C) groups is 1. The number of methoxy groups -OCH3 is 2. The third kappa shape index (κ3) is 18.6. The highest BCUT2D eigenvalue weighted by atomic mass is 32.2. The molecule has 2 aromatic carbocycles. The van der Waals surface area contributed by atoms with Crippen LogP contribution in [0, 0.1) is 53.9 Å². The minimum absolute atomic E-state index is 0.0283. The molecule has 0 aromatic heterocycles. The summed E-state index contributed by atoms with van der Waals surface area (Å²) >= 11 is 0. The van der Waals surface area contributed by atoms with E-state index in [4.69, 9.17) is 14.5 Å². The lowest BCUT2D eigenvalue weighted by Crippen LogP contribution is -2.55.